The number of anilines is 1. The standard InChI is InChI=1S/C23H23N3O5/c1-16(27)31-21-13-17(7-9-20(21)29-3)8-10-23(28)25-18-5-4-6-19(14-18)30-15-22-24-11-12-26(22)2/h4-14H,15H2,1-3H3,(H,25,28). The summed E-state index contributed by atoms with van der Waals surface area (Å²) in [6.45, 7) is 1.63. The average molecular weight is 421 g/mol. The van der Waals surface area contributed by atoms with E-state index in [0.717, 1.165) is 5.82 Å². The van der Waals surface area contributed by atoms with E-state index < -0.39 is 5.97 Å². The highest BCUT2D eigenvalue weighted by atomic mass is 16.6. The van der Waals surface area contributed by atoms with Gasteiger partial charge in [0, 0.05) is 44.2 Å². The number of benzene rings is 2. The molecule has 3 rings (SSSR count). The Balaban J connectivity index is 1.62. The first-order valence-electron chi connectivity index (χ1n) is 9.49. The maximum atomic E-state index is 12.3. The van der Waals surface area contributed by atoms with Gasteiger partial charge >= 0.3 is 5.97 Å². The number of nitrogens with zero attached hydrogens (tertiary/aromatic N) is 2. The lowest BCUT2D eigenvalue weighted by Gasteiger charge is -2.09. The molecule has 0 saturated heterocycles. The van der Waals surface area contributed by atoms with E-state index in [1.54, 1.807) is 48.7 Å². The van der Waals surface area contributed by atoms with Crippen molar-refractivity contribution in [1.29, 1.82) is 0 Å². The molecule has 0 fully saturated rings. The Hall–Kier alpha value is -4.07. The first kappa shape index (κ1) is 21.6. The van der Waals surface area contributed by atoms with Crippen LogP contribution in [0.2, 0.25) is 0 Å². The molecule has 3 aromatic rings. The second kappa shape index (κ2) is 10.1. The third-order valence-corrected chi connectivity index (χ3v) is 4.26. The van der Waals surface area contributed by atoms with Gasteiger partial charge in [-0.1, -0.05) is 12.1 Å². The minimum Gasteiger partial charge on any atom is -0.493 e. The van der Waals surface area contributed by atoms with Crippen LogP contribution in [0.5, 0.6) is 17.2 Å². The summed E-state index contributed by atoms with van der Waals surface area (Å²) >= 11 is 0. The zero-order chi connectivity index (χ0) is 22.2. The number of nitrogens with one attached hydrogen (secondary N) is 1. The maximum Gasteiger partial charge on any atom is 0.308 e. The summed E-state index contributed by atoms with van der Waals surface area (Å²) in [4.78, 5) is 27.8. The van der Waals surface area contributed by atoms with Gasteiger partial charge in [0.2, 0.25) is 5.91 Å². The number of aromatic nitrogens is 2. The summed E-state index contributed by atoms with van der Waals surface area (Å²) in [6.07, 6.45) is 6.56. The van der Waals surface area contributed by atoms with E-state index in [0.29, 0.717) is 29.4 Å². The first-order valence-corrected chi connectivity index (χ1v) is 9.49. The third-order valence-electron chi connectivity index (χ3n) is 4.26. The van der Waals surface area contributed by atoms with Gasteiger partial charge in [-0.15, -0.1) is 0 Å². The topological polar surface area (TPSA) is 91.7 Å². The first-order chi connectivity index (χ1) is 14.9. The summed E-state index contributed by atoms with van der Waals surface area (Å²) in [5.41, 5.74) is 1.28. The van der Waals surface area contributed by atoms with Crippen LogP contribution in [-0.4, -0.2) is 28.5 Å². The molecule has 1 amide bonds. The van der Waals surface area contributed by atoms with Gasteiger partial charge in [0.25, 0.3) is 0 Å². The number of carbonyl (C=O) groups is 2. The predicted octanol–water partition coefficient (Wildman–Crippen LogP) is 3.58. The summed E-state index contributed by atoms with van der Waals surface area (Å²) < 4.78 is 17.9. The Bertz CT molecular complexity index is 1100. The van der Waals surface area contributed by atoms with Gasteiger partial charge in [0.05, 0.1) is 7.11 Å². The summed E-state index contributed by atoms with van der Waals surface area (Å²) in [5, 5.41) is 2.79. The lowest BCUT2D eigenvalue weighted by molar-refractivity contribution is -0.132. The van der Waals surface area contributed by atoms with E-state index in [9.17, 15) is 9.59 Å². The van der Waals surface area contributed by atoms with Crippen molar-refractivity contribution in [2.45, 2.75) is 13.5 Å². The Morgan fingerprint density at radius 2 is 2.00 bits per heavy atom. The minimum atomic E-state index is -0.456. The molecule has 0 aliphatic heterocycles. The van der Waals surface area contributed by atoms with E-state index in [2.05, 4.69) is 10.3 Å². The molecule has 8 nitrogen and oxygen atoms in total. The van der Waals surface area contributed by atoms with Crippen LogP contribution < -0.4 is 19.5 Å². The zero-order valence-corrected chi connectivity index (χ0v) is 17.5. The van der Waals surface area contributed by atoms with Crippen molar-refractivity contribution in [1.82, 2.24) is 9.55 Å². The highest BCUT2D eigenvalue weighted by Crippen LogP contribution is 2.28. The van der Waals surface area contributed by atoms with Crippen LogP contribution in [0, 0.1) is 0 Å². The van der Waals surface area contributed by atoms with Gasteiger partial charge in [0.1, 0.15) is 18.2 Å². The van der Waals surface area contributed by atoms with Crippen molar-refractivity contribution in [2.24, 2.45) is 7.05 Å². The third kappa shape index (κ3) is 6.20. The number of carbonyl (C=O) groups excluding carboxylic acids is 2. The van der Waals surface area contributed by atoms with Crippen molar-refractivity contribution in [3.63, 3.8) is 0 Å². The second-order valence-corrected chi connectivity index (χ2v) is 6.60. The molecular weight excluding hydrogens is 398 g/mol. The molecule has 0 radical (unpaired) electrons. The van der Waals surface area contributed by atoms with Crippen molar-refractivity contribution < 1.29 is 23.8 Å². The second-order valence-electron chi connectivity index (χ2n) is 6.60. The molecule has 0 aliphatic rings. The minimum absolute atomic E-state index is 0.287. The Morgan fingerprint density at radius 3 is 2.71 bits per heavy atom. The molecule has 0 atom stereocenters. The largest absolute Gasteiger partial charge is 0.493 e. The number of hydrogen-bond acceptors (Lipinski definition) is 6. The van der Waals surface area contributed by atoms with Crippen molar-refractivity contribution >= 4 is 23.6 Å². The molecule has 1 heterocycles. The smallest absolute Gasteiger partial charge is 0.308 e. The Labute approximate surface area is 180 Å². The quantitative estimate of drug-likeness (QED) is 0.340. The number of rotatable bonds is 8. The highest BCUT2D eigenvalue weighted by Gasteiger charge is 2.08. The van der Waals surface area contributed by atoms with E-state index >= 15 is 0 Å². The Morgan fingerprint density at radius 1 is 1.16 bits per heavy atom. The van der Waals surface area contributed by atoms with Crippen molar-refractivity contribution in [3.8, 4) is 17.2 Å². The lowest BCUT2D eigenvalue weighted by atomic mass is 10.2. The maximum absolute atomic E-state index is 12.3. The fourth-order valence-corrected chi connectivity index (χ4v) is 2.73. The SMILES string of the molecule is COc1ccc(C=CC(=O)Nc2cccc(OCc3nccn3C)c2)cc1OC(C)=O. The summed E-state index contributed by atoms with van der Waals surface area (Å²) in [5.74, 6) is 1.36. The van der Waals surface area contributed by atoms with Crippen LogP contribution in [-0.2, 0) is 23.2 Å². The number of hydrogen-bond donors (Lipinski definition) is 1. The molecule has 0 saturated carbocycles. The molecule has 1 N–H and O–H groups in total. The fourth-order valence-electron chi connectivity index (χ4n) is 2.73. The molecule has 160 valence electrons. The van der Waals surface area contributed by atoms with E-state index in [1.165, 1.54) is 20.1 Å². The number of ether oxygens (including phenoxy) is 3. The van der Waals surface area contributed by atoms with Gasteiger partial charge in [-0.25, -0.2) is 4.98 Å². The molecule has 8 heteroatoms. The molecule has 0 aliphatic carbocycles. The highest BCUT2D eigenvalue weighted by molar-refractivity contribution is 6.02. The van der Waals surface area contributed by atoms with Crippen LogP contribution in [0.4, 0.5) is 5.69 Å². The number of imidazole rings is 1. The number of aryl methyl sites for hydroxylation is 1. The van der Waals surface area contributed by atoms with Gasteiger partial charge in [-0.2, -0.15) is 0 Å². The van der Waals surface area contributed by atoms with Gasteiger partial charge in [-0.3, -0.25) is 9.59 Å². The van der Waals surface area contributed by atoms with Crippen LogP contribution >= 0.6 is 0 Å². The van der Waals surface area contributed by atoms with Crippen LogP contribution in [0.25, 0.3) is 6.08 Å². The van der Waals surface area contributed by atoms with Crippen LogP contribution in [0.15, 0.2) is 60.9 Å². The summed E-state index contributed by atoms with van der Waals surface area (Å²) in [6, 6.07) is 12.1. The molecular formula is C23H23N3O5. The van der Waals surface area contributed by atoms with Crippen molar-refractivity contribution in [2.75, 3.05) is 12.4 Å². The summed E-state index contributed by atoms with van der Waals surface area (Å²) in [7, 11) is 3.38. The van der Waals surface area contributed by atoms with Gasteiger partial charge in [-0.05, 0) is 35.9 Å². The molecule has 0 unspecified atom stereocenters. The molecule has 2 aromatic carbocycles. The van der Waals surface area contributed by atoms with E-state index in [4.69, 9.17) is 14.2 Å². The van der Waals surface area contributed by atoms with E-state index in [-0.39, 0.29) is 11.7 Å². The molecule has 0 bridgehead atoms. The average Bonchev–Trinajstić information content (AvgIpc) is 3.15. The monoisotopic (exact) mass is 421 g/mol. The molecule has 1 aromatic heterocycles. The van der Waals surface area contributed by atoms with Gasteiger partial charge < -0.3 is 24.1 Å². The fraction of sp³-hybridized carbons (Fsp3) is 0.174. The number of amides is 1. The normalized spacial score (nSPS) is 10.7. The van der Waals surface area contributed by atoms with Gasteiger partial charge in [0.15, 0.2) is 11.5 Å². The molecule has 31 heavy (non-hydrogen) atoms. The van der Waals surface area contributed by atoms with Crippen LogP contribution in [0.3, 0.4) is 0 Å². The lowest BCUT2D eigenvalue weighted by Crippen LogP contribution is -2.08. The predicted molar refractivity (Wildman–Crippen MR) is 116 cm³/mol. The Kier molecular flexibility index (Phi) is 7.05. The number of esters is 1. The zero-order valence-electron chi connectivity index (χ0n) is 17.5. The number of methoxy groups -OCH3 is 1. The van der Waals surface area contributed by atoms with E-state index in [1.807, 2.05) is 23.9 Å². The molecule has 0 spiro atoms. The van der Waals surface area contributed by atoms with Crippen molar-refractivity contribution in [3.05, 3.63) is 72.3 Å². The van der Waals surface area contributed by atoms with Crippen LogP contribution in [0.1, 0.15) is 18.3 Å².